The van der Waals surface area contributed by atoms with E-state index >= 15 is 0 Å². The minimum atomic E-state index is -2.52. The number of likely N-dealkylation sites (tertiary alicyclic amines) is 1. The van der Waals surface area contributed by atoms with Crippen molar-refractivity contribution in [3.05, 3.63) is 6.07 Å². The van der Waals surface area contributed by atoms with Gasteiger partial charge in [-0.2, -0.15) is 4.98 Å². The van der Waals surface area contributed by atoms with E-state index in [1.807, 2.05) is 13.3 Å². The van der Waals surface area contributed by atoms with E-state index in [0.717, 1.165) is 13.1 Å². The van der Waals surface area contributed by atoms with Gasteiger partial charge in [0.2, 0.25) is 11.8 Å². The quantitative estimate of drug-likeness (QED) is 0.655. The van der Waals surface area contributed by atoms with E-state index in [0.29, 0.717) is 29.7 Å². The van der Waals surface area contributed by atoms with Gasteiger partial charge in [0, 0.05) is 38.0 Å². The number of nitrogens with one attached hydrogen (secondary N) is 1. The molecule has 23 heavy (non-hydrogen) atoms. The summed E-state index contributed by atoms with van der Waals surface area (Å²) < 4.78 is 32.3. The molecule has 2 fully saturated rings. The third-order valence-electron chi connectivity index (χ3n) is 4.25. The summed E-state index contributed by atoms with van der Waals surface area (Å²) in [5.74, 6) is -1.31. The normalized spacial score (nSPS) is 22.6. The van der Waals surface area contributed by atoms with Crippen LogP contribution in [0.4, 0.5) is 14.6 Å². The first kappa shape index (κ1) is 16.7. The molecule has 1 aliphatic heterocycles. The van der Waals surface area contributed by atoms with Crippen LogP contribution in [0.3, 0.4) is 0 Å². The Morgan fingerprint density at radius 1 is 1.30 bits per heavy atom. The number of alkyl halides is 2. The molecule has 128 valence electrons. The molecule has 0 radical (unpaired) electrons. The molecule has 1 saturated heterocycles. The van der Waals surface area contributed by atoms with Gasteiger partial charge in [-0.15, -0.1) is 0 Å². The van der Waals surface area contributed by atoms with Crippen molar-refractivity contribution in [3.63, 3.8) is 0 Å². The van der Waals surface area contributed by atoms with E-state index in [1.165, 1.54) is 11.8 Å². The van der Waals surface area contributed by atoms with Gasteiger partial charge in [-0.1, -0.05) is 11.8 Å². The van der Waals surface area contributed by atoms with Crippen LogP contribution in [-0.4, -0.2) is 59.3 Å². The van der Waals surface area contributed by atoms with Crippen LogP contribution in [0.25, 0.3) is 0 Å². The first-order valence-corrected chi connectivity index (χ1v) is 9.09. The maximum atomic E-state index is 13.2. The summed E-state index contributed by atoms with van der Waals surface area (Å²) in [7, 11) is 2.04. The molecule has 1 aliphatic carbocycles. The Labute approximate surface area is 139 Å². The molecule has 0 amide bonds. The first-order chi connectivity index (χ1) is 10.9. The summed E-state index contributed by atoms with van der Waals surface area (Å²) >= 11 is 1.44. The highest BCUT2D eigenvalue weighted by Gasteiger charge is 2.35. The molecule has 1 aromatic rings. The Morgan fingerprint density at radius 3 is 2.61 bits per heavy atom. The van der Waals surface area contributed by atoms with Crippen LogP contribution in [0.1, 0.15) is 25.7 Å². The number of halogens is 2. The molecule has 1 N–H and O–H groups in total. The van der Waals surface area contributed by atoms with Crippen molar-refractivity contribution < 1.29 is 13.5 Å². The zero-order valence-corrected chi connectivity index (χ0v) is 14.2. The second-order valence-corrected chi connectivity index (χ2v) is 7.09. The summed E-state index contributed by atoms with van der Waals surface area (Å²) in [6.07, 6.45) is 2.84. The van der Waals surface area contributed by atoms with E-state index in [-0.39, 0.29) is 25.0 Å². The highest BCUT2D eigenvalue weighted by Crippen LogP contribution is 2.34. The Kier molecular flexibility index (Phi) is 4.91. The summed E-state index contributed by atoms with van der Waals surface area (Å²) in [6.45, 7) is 1.78. The van der Waals surface area contributed by atoms with Crippen LogP contribution >= 0.6 is 11.8 Å². The predicted molar refractivity (Wildman–Crippen MR) is 86.6 cm³/mol. The molecule has 0 aromatic carbocycles. The molecule has 3 rings (SSSR count). The summed E-state index contributed by atoms with van der Waals surface area (Å²) in [5.41, 5.74) is 0. The number of ether oxygens (including phenoxy) is 1. The monoisotopic (exact) mass is 344 g/mol. The molecule has 0 bridgehead atoms. The zero-order valence-electron chi connectivity index (χ0n) is 13.4. The first-order valence-electron chi connectivity index (χ1n) is 7.86. The second kappa shape index (κ2) is 6.76. The fourth-order valence-corrected chi connectivity index (χ4v) is 3.28. The lowest BCUT2D eigenvalue weighted by Gasteiger charge is -2.35. The molecule has 1 saturated carbocycles. The lowest BCUT2D eigenvalue weighted by molar-refractivity contribution is -0.0361. The van der Waals surface area contributed by atoms with Crippen LogP contribution in [0, 0.1) is 0 Å². The molecule has 1 aromatic heterocycles. The van der Waals surface area contributed by atoms with Crippen molar-refractivity contribution in [1.29, 1.82) is 0 Å². The van der Waals surface area contributed by atoms with Crippen molar-refractivity contribution in [3.8, 4) is 5.88 Å². The molecular formula is C15H22F2N4OS. The molecule has 0 spiro atoms. The Morgan fingerprint density at radius 2 is 2.00 bits per heavy atom. The number of thioether (sulfide) groups is 1. The summed E-state index contributed by atoms with van der Waals surface area (Å²) in [6, 6.07) is 1.80. The van der Waals surface area contributed by atoms with Gasteiger partial charge in [-0.3, -0.25) is 4.90 Å². The number of aromatic nitrogens is 2. The van der Waals surface area contributed by atoms with E-state index in [4.69, 9.17) is 4.74 Å². The van der Waals surface area contributed by atoms with Gasteiger partial charge in [-0.05, 0) is 26.1 Å². The molecule has 0 atom stereocenters. The topological polar surface area (TPSA) is 50.3 Å². The summed E-state index contributed by atoms with van der Waals surface area (Å²) in [5, 5.41) is 3.89. The van der Waals surface area contributed by atoms with Crippen molar-refractivity contribution in [2.24, 2.45) is 0 Å². The molecule has 2 aliphatic rings. The van der Waals surface area contributed by atoms with Gasteiger partial charge in [0.25, 0.3) is 0 Å². The largest absolute Gasteiger partial charge is 0.471 e. The third kappa shape index (κ3) is 4.44. The van der Waals surface area contributed by atoms with Gasteiger partial charge < -0.3 is 10.1 Å². The van der Waals surface area contributed by atoms with Gasteiger partial charge in [0.1, 0.15) is 11.9 Å². The number of hydrogen-bond donors (Lipinski definition) is 1. The predicted octanol–water partition coefficient (Wildman–Crippen LogP) is 2.88. The summed E-state index contributed by atoms with van der Waals surface area (Å²) in [4.78, 5) is 10.9. The molecular weight excluding hydrogens is 322 g/mol. The molecule has 5 nitrogen and oxygen atoms in total. The van der Waals surface area contributed by atoms with Crippen molar-refractivity contribution in [2.75, 3.05) is 31.7 Å². The lowest BCUT2D eigenvalue weighted by Crippen LogP contribution is -2.51. The van der Waals surface area contributed by atoms with Gasteiger partial charge >= 0.3 is 0 Å². The highest BCUT2D eigenvalue weighted by atomic mass is 32.2. The van der Waals surface area contributed by atoms with Crippen LogP contribution in [0.2, 0.25) is 0 Å². The van der Waals surface area contributed by atoms with E-state index < -0.39 is 5.92 Å². The fraction of sp³-hybridized carbons (Fsp3) is 0.733. The molecule has 8 heteroatoms. The molecule has 0 unspecified atom stereocenters. The van der Waals surface area contributed by atoms with E-state index in [2.05, 4.69) is 20.2 Å². The average molecular weight is 344 g/mol. The Balaban J connectivity index is 1.64. The van der Waals surface area contributed by atoms with Crippen molar-refractivity contribution in [2.45, 2.75) is 48.9 Å². The van der Waals surface area contributed by atoms with Gasteiger partial charge in [-0.25, -0.2) is 13.8 Å². The Hall–Kier alpha value is -1.15. The van der Waals surface area contributed by atoms with Crippen molar-refractivity contribution in [1.82, 2.24) is 14.9 Å². The number of nitrogens with zero attached hydrogens (tertiary/aromatic N) is 3. The lowest BCUT2D eigenvalue weighted by atomic mass is 9.92. The number of likely N-dealkylation sites (N-methyl/N-ethyl adjacent to an activating group) is 1. The van der Waals surface area contributed by atoms with Crippen LogP contribution < -0.4 is 10.1 Å². The van der Waals surface area contributed by atoms with Gasteiger partial charge in [0.05, 0.1) is 0 Å². The smallest absolute Gasteiger partial charge is 0.248 e. The number of hydrogen-bond acceptors (Lipinski definition) is 6. The van der Waals surface area contributed by atoms with Crippen LogP contribution in [0.15, 0.2) is 11.2 Å². The minimum Gasteiger partial charge on any atom is -0.471 e. The minimum absolute atomic E-state index is 0.0296. The van der Waals surface area contributed by atoms with Crippen molar-refractivity contribution >= 4 is 17.6 Å². The van der Waals surface area contributed by atoms with Gasteiger partial charge in [0.15, 0.2) is 5.16 Å². The number of rotatable bonds is 5. The molecule has 2 heterocycles. The SMILES string of the molecule is CSc1nc(NC2CCC(F)(F)CC2)cc(OC2CN(C)C2)n1. The number of anilines is 1. The van der Waals surface area contributed by atoms with Crippen LogP contribution in [0.5, 0.6) is 5.88 Å². The Bertz CT molecular complexity index is 544. The van der Waals surface area contributed by atoms with E-state index in [9.17, 15) is 8.78 Å². The second-order valence-electron chi connectivity index (χ2n) is 6.31. The maximum absolute atomic E-state index is 13.2. The van der Waals surface area contributed by atoms with E-state index in [1.54, 1.807) is 6.07 Å². The van der Waals surface area contributed by atoms with Crippen LogP contribution in [-0.2, 0) is 0 Å². The highest BCUT2D eigenvalue weighted by molar-refractivity contribution is 7.98. The fourth-order valence-electron chi connectivity index (χ4n) is 2.91. The maximum Gasteiger partial charge on any atom is 0.248 e. The standard InChI is InChI=1S/C15H22F2N4OS/c1-21-8-11(9-21)22-13-7-12(19-14(20-13)23-2)18-10-3-5-15(16,17)6-4-10/h7,10-11H,3-6,8-9H2,1-2H3,(H,18,19,20). The average Bonchev–Trinajstić information content (AvgIpc) is 2.48. The third-order valence-corrected chi connectivity index (χ3v) is 4.80. The zero-order chi connectivity index (χ0) is 16.4.